The van der Waals surface area contributed by atoms with Crippen LogP contribution in [-0.2, 0) is 0 Å². The number of carboxylic acid groups (broad SMARTS) is 1. The van der Waals surface area contributed by atoms with Crippen LogP contribution < -0.4 is 5.32 Å². The Hall–Kier alpha value is -2.36. The third-order valence-corrected chi connectivity index (χ3v) is 2.99. The van der Waals surface area contributed by atoms with Crippen LogP contribution in [0.25, 0.3) is 0 Å². The van der Waals surface area contributed by atoms with Gasteiger partial charge in [-0.3, -0.25) is 4.98 Å². The van der Waals surface area contributed by atoms with Crippen LogP contribution in [0.2, 0.25) is 0 Å². The summed E-state index contributed by atoms with van der Waals surface area (Å²) in [5, 5.41) is 12.3. The Bertz CT molecular complexity index is 582. The van der Waals surface area contributed by atoms with E-state index < -0.39 is 5.97 Å². The van der Waals surface area contributed by atoms with Gasteiger partial charge in [0, 0.05) is 11.9 Å². The van der Waals surface area contributed by atoms with Crippen LogP contribution in [0.3, 0.4) is 0 Å². The van der Waals surface area contributed by atoms with Crippen LogP contribution in [-0.4, -0.2) is 16.1 Å². The number of carboxylic acids is 1. The molecule has 0 fully saturated rings. The summed E-state index contributed by atoms with van der Waals surface area (Å²) in [6.07, 6.45) is 1.74. The number of anilines is 1. The molecule has 1 aromatic heterocycles. The molecule has 0 spiro atoms. The van der Waals surface area contributed by atoms with Crippen LogP contribution >= 0.6 is 0 Å². The molecule has 0 saturated heterocycles. The predicted molar refractivity (Wildman–Crippen MR) is 74.4 cm³/mol. The quantitative estimate of drug-likeness (QED) is 0.881. The number of aryl methyl sites for hydroxylation is 1. The molecule has 1 unspecified atom stereocenters. The summed E-state index contributed by atoms with van der Waals surface area (Å²) < 4.78 is 0. The van der Waals surface area contributed by atoms with E-state index in [2.05, 4.69) is 10.3 Å². The Kier molecular flexibility index (Phi) is 3.80. The van der Waals surface area contributed by atoms with Gasteiger partial charge in [0.2, 0.25) is 0 Å². The molecule has 4 heteroatoms. The highest BCUT2D eigenvalue weighted by molar-refractivity contribution is 5.89. The number of nitrogens with one attached hydrogen (secondary N) is 1. The van der Waals surface area contributed by atoms with Crippen LogP contribution in [0.4, 0.5) is 5.69 Å². The van der Waals surface area contributed by atoms with Crippen molar-refractivity contribution in [1.29, 1.82) is 0 Å². The van der Waals surface area contributed by atoms with E-state index in [1.165, 1.54) is 0 Å². The largest absolute Gasteiger partial charge is 0.478 e. The van der Waals surface area contributed by atoms with Crippen molar-refractivity contribution in [1.82, 2.24) is 4.98 Å². The molecule has 2 rings (SSSR count). The second-order valence-corrected chi connectivity index (χ2v) is 4.46. The van der Waals surface area contributed by atoms with E-state index in [0.717, 1.165) is 16.9 Å². The first-order valence-electron chi connectivity index (χ1n) is 6.09. The molecule has 0 aliphatic carbocycles. The van der Waals surface area contributed by atoms with Gasteiger partial charge in [-0.1, -0.05) is 12.1 Å². The molecule has 0 aliphatic rings. The molecule has 1 aromatic carbocycles. The lowest BCUT2D eigenvalue weighted by atomic mass is 10.1. The highest BCUT2D eigenvalue weighted by atomic mass is 16.4. The van der Waals surface area contributed by atoms with Gasteiger partial charge in [-0.15, -0.1) is 0 Å². The highest BCUT2D eigenvalue weighted by Crippen LogP contribution is 2.22. The van der Waals surface area contributed by atoms with Crippen molar-refractivity contribution in [2.45, 2.75) is 19.9 Å². The minimum atomic E-state index is -0.923. The Balaban J connectivity index is 2.23. The Morgan fingerprint density at radius 2 is 2.11 bits per heavy atom. The maximum Gasteiger partial charge on any atom is 0.335 e. The average molecular weight is 256 g/mol. The number of nitrogens with zero attached hydrogens (tertiary/aromatic N) is 1. The maximum atomic E-state index is 11.0. The molecular weight excluding hydrogens is 240 g/mol. The van der Waals surface area contributed by atoms with Gasteiger partial charge in [-0.05, 0) is 43.7 Å². The molecule has 2 aromatic rings. The Labute approximate surface area is 112 Å². The molecule has 1 heterocycles. The molecule has 0 saturated carbocycles. The highest BCUT2D eigenvalue weighted by Gasteiger charge is 2.10. The van der Waals surface area contributed by atoms with Crippen molar-refractivity contribution in [3.8, 4) is 0 Å². The molecule has 19 heavy (non-hydrogen) atoms. The third-order valence-electron chi connectivity index (χ3n) is 2.99. The van der Waals surface area contributed by atoms with Gasteiger partial charge in [0.05, 0.1) is 17.3 Å². The number of aromatic carboxylic acids is 1. The van der Waals surface area contributed by atoms with E-state index >= 15 is 0 Å². The number of pyridine rings is 1. The summed E-state index contributed by atoms with van der Waals surface area (Å²) in [5.41, 5.74) is 3.02. The zero-order valence-corrected chi connectivity index (χ0v) is 10.9. The molecule has 0 bridgehead atoms. The van der Waals surface area contributed by atoms with E-state index in [1.54, 1.807) is 24.4 Å². The molecule has 2 N–H and O–H groups in total. The number of rotatable bonds is 4. The van der Waals surface area contributed by atoms with Gasteiger partial charge in [-0.2, -0.15) is 0 Å². The number of hydrogen-bond acceptors (Lipinski definition) is 3. The summed E-state index contributed by atoms with van der Waals surface area (Å²) in [7, 11) is 0. The van der Waals surface area contributed by atoms with Gasteiger partial charge >= 0.3 is 5.97 Å². The lowest BCUT2D eigenvalue weighted by molar-refractivity contribution is 0.0697. The van der Waals surface area contributed by atoms with Crippen molar-refractivity contribution in [3.63, 3.8) is 0 Å². The first kappa shape index (κ1) is 13.1. The van der Waals surface area contributed by atoms with Crippen LogP contribution in [0, 0.1) is 6.92 Å². The maximum absolute atomic E-state index is 11.0. The van der Waals surface area contributed by atoms with Gasteiger partial charge < -0.3 is 10.4 Å². The third kappa shape index (κ3) is 3.10. The summed E-state index contributed by atoms with van der Waals surface area (Å²) >= 11 is 0. The molecule has 4 nitrogen and oxygen atoms in total. The zero-order valence-electron chi connectivity index (χ0n) is 10.9. The van der Waals surface area contributed by atoms with Gasteiger partial charge in [0.1, 0.15) is 0 Å². The fraction of sp³-hybridized carbons (Fsp3) is 0.200. The van der Waals surface area contributed by atoms with E-state index in [1.807, 2.05) is 32.0 Å². The van der Waals surface area contributed by atoms with Gasteiger partial charge in [0.15, 0.2) is 0 Å². The van der Waals surface area contributed by atoms with Crippen molar-refractivity contribution in [2.75, 3.05) is 5.32 Å². The van der Waals surface area contributed by atoms with Gasteiger partial charge in [-0.25, -0.2) is 4.79 Å². The minimum Gasteiger partial charge on any atom is -0.478 e. The minimum absolute atomic E-state index is 0.0175. The second kappa shape index (κ2) is 5.52. The summed E-state index contributed by atoms with van der Waals surface area (Å²) in [6.45, 7) is 3.94. The smallest absolute Gasteiger partial charge is 0.335 e. The fourth-order valence-electron chi connectivity index (χ4n) is 1.85. The number of hydrogen-bond donors (Lipinski definition) is 2. The van der Waals surface area contributed by atoms with Crippen LogP contribution in [0.1, 0.15) is 34.6 Å². The van der Waals surface area contributed by atoms with Crippen molar-refractivity contribution in [2.24, 2.45) is 0 Å². The average Bonchev–Trinajstić information content (AvgIpc) is 2.42. The number of benzene rings is 1. The topological polar surface area (TPSA) is 62.2 Å². The first-order chi connectivity index (χ1) is 9.08. The normalized spacial score (nSPS) is 11.9. The van der Waals surface area contributed by atoms with Crippen molar-refractivity contribution in [3.05, 3.63) is 59.4 Å². The lowest BCUT2D eigenvalue weighted by Crippen LogP contribution is -2.10. The zero-order chi connectivity index (χ0) is 13.8. The standard InChI is InChI=1S/C15H16N2O2/c1-10-6-7-12(15(18)19)9-14(10)17-11(2)13-5-3-4-8-16-13/h3-9,11,17H,1-2H3,(H,18,19). The van der Waals surface area contributed by atoms with E-state index in [0.29, 0.717) is 0 Å². The molecule has 0 radical (unpaired) electrons. The summed E-state index contributed by atoms with van der Waals surface area (Å²) in [6, 6.07) is 10.8. The van der Waals surface area contributed by atoms with Crippen LogP contribution in [0.5, 0.6) is 0 Å². The SMILES string of the molecule is Cc1ccc(C(=O)O)cc1NC(C)c1ccccn1. The van der Waals surface area contributed by atoms with E-state index in [9.17, 15) is 4.79 Å². The summed E-state index contributed by atoms with van der Waals surface area (Å²) in [5.74, 6) is -0.923. The first-order valence-corrected chi connectivity index (χ1v) is 6.09. The van der Waals surface area contributed by atoms with E-state index in [-0.39, 0.29) is 11.6 Å². The fourth-order valence-corrected chi connectivity index (χ4v) is 1.85. The molecular formula is C15H16N2O2. The van der Waals surface area contributed by atoms with Crippen molar-refractivity contribution < 1.29 is 9.90 Å². The Morgan fingerprint density at radius 3 is 2.74 bits per heavy atom. The number of carbonyl (C=O) groups is 1. The van der Waals surface area contributed by atoms with Gasteiger partial charge in [0.25, 0.3) is 0 Å². The van der Waals surface area contributed by atoms with Crippen molar-refractivity contribution >= 4 is 11.7 Å². The predicted octanol–water partition coefficient (Wildman–Crippen LogP) is 3.26. The van der Waals surface area contributed by atoms with Crippen LogP contribution in [0.15, 0.2) is 42.6 Å². The number of aromatic nitrogens is 1. The summed E-state index contributed by atoms with van der Waals surface area (Å²) in [4.78, 5) is 15.3. The molecule has 0 aliphatic heterocycles. The molecule has 0 amide bonds. The second-order valence-electron chi connectivity index (χ2n) is 4.46. The molecule has 98 valence electrons. The van der Waals surface area contributed by atoms with E-state index in [4.69, 9.17) is 5.11 Å². The lowest BCUT2D eigenvalue weighted by Gasteiger charge is -2.17. The molecule has 1 atom stereocenters. The Morgan fingerprint density at radius 1 is 1.32 bits per heavy atom. The monoisotopic (exact) mass is 256 g/mol.